The summed E-state index contributed by atoms with van der Waals surface area (Å²) in [7, 11) is 1.88. The molecule has 19 heavy (non-hydrogen) atoms. The van der Waals surface area contributed by atoms with Crippen molar-refractivity contribution in [1.82, 2.24) is 4.90 Å². The van der Waals surface area contributed by atoms with Crippen LogP contribution in [0.15, 0.2) is 30.3 Å². The molecule has 0 aliphatic heterocycles. The molecule has 3 nitrogen and oxygen atoms in total. The van der Waals surface area contributed by atoms with Crippen molar-refractivity contribution < 1.29 is 4.79 Å². The minimum Gasteiger partial charge on any atom is -0.345 e. The number of amides is 1. The lowest BCUT2D eigenvalue weighted by atomic mass is 9.97. The number of carbonyl (C=O) groups excluding carboxylic acids is 1. The summed E-state index contributed by atoms with van der Waals surface area (Å²) >= 11 is 0. The van der Waals surface area contributed by atoms with Crippen molar-refractivity contribution in [2.75, 3.05) is 20.1 Å². The predicted molar refractivity (Wildman–Crippen MR) is 79.8 cm³/mol. The topological polar surface area (TPSA) is 46.3 Å². The van der Waals surface area contributed by atoms with Crippen LogP contribution in [0, 0.1) is 11.8 Å². The molecule has 0 heterocycles. The molecule has 2 unspecified atom stereocenters. The highest BCUT2D eigenvalue weighted by Crippen LogP contribution is 2.12. The molecular formula is C16H26N2O. The molecule has 1 amide bonds. The van der Waals surface area contributed by atoms with E-state index in [1.54, 1.807) is 0 Å². The van der Waals surface area contributed by atoms with Crippen LogP contribution in [0.4, 0.5) is 0 Å². The molecule has 0 aliphatic rings. The molecule has 0 aliphatic carbocycles. The maximum atomic E-state index is 12.4. The minimum absolute atomic E-state index is 0.114. The predicted octanol–water partition coefficient (Wildman–Crippen LogP) is 2.31. The fourth-order valence-electron chi connectivity index (χ4n) is 2.17. The summed E-state index contributed by atoms with van der Waals surface area (Å²) in [6.07, 6.45) is 1.81. The first-order valence-electron chi connectivity index (χ1n) is 7.07. The number of hydrogen-bond donors (Lipinski definition) is 1. The van der Waals surface area contributed by atoms with Gasteiger partial charge in [-0.1, -0.05) is 50.6 Å². The average molecular weight is 262 g/mol. The normalized spacial score (nSPS) is 13.9. The van der Waals surface area contributed by atoms with E-state index in [2.05, 4.69) is 13.8 Å². The van der Waals surface area contributed by atoms with Gasteiger partial charge in [0.25, 0.3) is 0 Å². The van der Waals surface area contributed by atoms with Crippen molar-refractivity contribution in [1.29, 1.82) is 0 Å². The molecule has 1 rings (SSSR count). The summed E-state index contributed by atoms with van der Waals surface area (Å²) in [6, 6.07) is 10.1. The molecule has 0 fully saturated rings. The summed E-state index contributed by atoms with van der Waals surface area (Å²) in [5, 5.41) is 0. The number of rotatable bonds is 7. The van der Waals surface area contributed by atoms with Gasteiger partial charge in [-0.25, -0.2) is 0 Å². The highest BCUT2D eigenvalue weighted by Gasteiger charge is 2.21. The Kier molecular flexibility index (Phi) is 6.57. The van der Waals surface area contributed by atoms with Gasteiger partial charge in [-0.15, -0.1) is 0 Å². The van der Waals surface area contributed by atoms with Gasteiger partial charge in [0.15, 0.2) is 0 Å². The van der Waals surface area contributed by atoms with Crippen molar-refractivity contribution in [3.63, 3.8) is 0 Å². The lowest BCUT2D eigenvalue weighted by molar-refractivity contribution is -0.134. The van der Waals surface area contributed by atoms with E-state index in [-0.39, 0.29) is 11.8 Å². The van der Waals surface area contributed by atoms with Crippen LogP contribution in [0.25, 0.3) is 0 Å². The zero-order valence-electron chi connectivity index (χ0n) is 12.3. The van der Waals surface area contributed by atoms with Gasteiger partial charge in [0, 0.05) is 20.1 Å². The second-order valence-electron chi connectivity index (χ2n) is 5.35. The maximum absolute atomic E-state index is 12.4. The molecular weight excluding hydrogens is 236 g/mol. The van der Waals surface area contributed by atoms with Gasteiger partial charge in [-0.2, -0.15) is 0 Å². The Balaban J connectivity index is 2.61. The van der Waals surface area contributed by atoms with Crippen LogP contribution in [-0.2, 0) is 11.2 Å². The fraction of sp³-hybridized carbons (Fsp3) is 0.562. The lowest BCUT2D eigenvalue weighted by Gasteiger charge is -2.25. The van der Waals surface area contributed by atoms with Crippen LogP contribution >= 0.6 is 0 Å². The lowest BCUT2D eigenvalue weighted by Crippen LogP contribution is -2.39. The van der Waals surface area contributed by atoms with Crippen molar-refractivity contribution in [2.45, 2.75) is 26.7 Å². The highest BCUT2D eigenvalue weighted by atomic mass is 16.2. The first-order valence-corrected chi connectivity index (χ1v) is 7.07. The third-order valence-electron chi connectivity index (χ3n) is 3.62. The zero-order valence-corrected chi connectivity index (χ0v) is 12.3. The third-order valence-corrected chi connectivity index (χ3v) is 3.62. The van der Waals surface area contributed by atoms with Crippen LogP contribution in [0.1, 0.15) is 25.8 Å². The first kappa shape index (κ1) is 15.7. The Labute approximate surface area is 116 Å². The van der Waals surface area contributed by atoms with Gasteiger partial charge < -0.3 is 10.6 Å². The molecule has 1 aromatic rings. The Hall–Kier alpha value is -1.35. The molecule has 0 spiro atoms. The number of hydrogen-bond acceptors (Lipinski definition) is 2. The number of nitrogens with two attached hydrogens (primary N) is 1. The van der Waals surface area contributed by atoms with E-state index in [0.717, 1.165) is 19.4 Å². The molecule has 2 N–H and O–H groups in total. The van der Waals surface area contributed by atoms with Gasteiger partial charge in [0.1, 0.15) is 0 Å². The van der Waals surface area contributed by atoms with Crippen molar-refractivity contribution >= 4 is 5.91 Å². The van der Waals surface area contributed by atoms with Gasteiger partial charge >= 0.3 is 0 Å². The van der Waals surface area contributed by atoms with Crippen LogP contribution < -0.4 is 5.73 Å². The van der Waals surface area contributed by atoms with E-state index >= 15 is 0 Å². The van der Waals surface area contributed by atoms with Crippen LogP contribution in [0.2, 0.25) is 0 Å². The molecule has 1 aromatic carbocycles. The number of carbonyl (C=O) groups is 1. The van der Waals surface area contributed by atoms with E-state index in [9.17, 15) is 4.79 Å². The van der Waals surface area contributed by atoms with Crippen LogP contribution in [-0.4, -0.2) is 30.9 Å². The number of nitrogens with zero attached hydrogens (tertiary/aromatic N) is 1. The van der Waals surface area contributed by atoms with E-state index < -0.39 is 0 Å². The van der Waals surface area contributed by atoms with Crippen LogP contribution in [0.5, 0.6) is 0 Å². The Morgan fingerprint density at radius 1 is 1.32 bits per heavy atom. The summed E-state index contributed by atoms with van der Waals surface area (Å²) < 4.78 is 0. The van der Waals surface area contributed by atoms with Crippen molar-refractivity contribution in [3.8, 4) is 0 Å². The SMILES string of the molecule is CCC(C)CN(C)C(=O)C(CN)Cc1ccccc1. The number of benzene rings is 1. The highest BCUT2D eigenvalue weighted by molar-refractivity contribution is 5.79. The van der Waals surface area contributed by atoms with Gasteiger partial charge in [-0.3, -0.25) is 4.79 Å². The van der Waals surface area contributed by atoms with E-state index in [0.29, 0.717) is 12.5 Å². The fourth-order valence-corrected chi connectivity index (χ4v) is 2.17. The summed E-state index contributed by atoms with van der Waals surface area (Å²) in [4.78, 5) is 14.2. The largest absolute Gasteiger partial charge is 0.345 e. The molecule has 106 valence electrons. The second-order valence-corrected chi connectivity index (χ2v) is 5.35. The third kappa shape index (κ3) is 5.03. The molecule has 2 atom stereocenters. The van der Waals surface area contributed by atoms with E-state index in [4.69, 9.17) is 5.73 Å². The van der Waals surface area contributed by atoms with E-state index in [1.807, 2.05) is 42.3 Å². The first-order chi connectivity index (χ1) is 9.08. The standard InChI is InChI=1S/C16H26N2O/c1-4-13(2)12-18(3)16(19)15(11-17)10-14-8-6-5-7-9-14/h5-9,13,15H,4,10-12,17H2,1-3H3. The molecule has 0 radical (unpaired) electrons. The van der Waals surface area contributed by atoms with Gasteiger partial charge in [0.2, 0.25) is 5.91 Å². The van der Waals surface area contributed by atoms with Crippen molar-refractivity contribution in [2.24, 2.45) is 17.6 Å². The molecule has 3 heteroatoms. The van der Waals surface area contributed by atoms with Crippen molar-refractivity contribution in [3.05, 3.63) is 35.9 Å². The minimum atomic E-state index is -0.114. The van der Waals surface area contributed by atoms with E-state index in [1.165, 1.54) is 5.56 Å². The smallest absolute Gasteiger partial charge is 0.227 e. The second kappa shape index (κ2) is 7.95. The zero-order chi connectivity index (χ0) is 14.3. The Morgan fingerprint density at radius 2 is 1.95 bits per heavy atom. The molecule has 0 saturated heterocycles. The Bertz CT molecular complexity index is 378. The monoisotopic (exact) mass is 262 g/mol. The molecule has 0 aromatic heterocycles. The summed E-state index contributed by atoms with van der Waals surface area (Å²) in [6.45, 7) is 5.52. The quantitative estimate of drug-likeness (QED) is 0.819. The average Bonchev–Trinajstić information content (AvgIpc) is 2.44. The Morgan fingerprint density at radius 3 is 2.47 bits per heavy atom. The summed E-state index contributed by atoms with van der Waals surface area (Å²) in [5.74, 6) is 0.576. The van der Waals surface area contributed by atoms with Gasteiger partial charge in [-0.05, 0) is 17.9 Å². The van der Waals surface area contributed by atoms with Gasteiger partial charge in [0.05, 0.1) is 5.92 Å². The summed E-state index contributed by atoms with van der Waals surface area (Å²) in [5.41, 5.74) is 6.94. The molecule has 0 saturated carbocycles. The maximum Gasteiger partial charge on any atom is 0.227 e. The van der Waals surface area contributed by atoms with Crippen LogP contribution in [0.3, 0.4) is 0 Å². The molecule has 0 bridgehead atoms.